The van der Waals surface area contributed by atoms with E-state index in [1.54, 1.807) is 18.2 Å². The summed E-state index contributed by atoms with van der Waals surface area (Å²) < 4.78 is 3.35. The molecule has 0 N–H and O–H groups in total. The van der Waals surface area contributed by atoms with Gasteiger partial charge in [-0.1, -0.05) is 27.5 Å². The molecule has 0 saturated carbocycles. The van der Waals surface area contributed by atoms with E-state index in [2.05, 4.69) is 20.7 Å². The SMILES string of the molecule is COC(=O)C1(Br)Cc2cc(Cl)ccc2C1=O. The van der Waals surface area contributed by atoms with Gasteiger partial charge < -0.3 is 4.74 Å². The predicted octanol–water partition coefficient (Wildman–Crippen LogP) is 2.39. The number of carbonyl (C=O) groups is 2. The summed E-state index contributed by atoms with van der Waals surface area (Å²) in [6.07, 6.45) is 0.272. The number of methoxy groups -OCH3 is 1. The summed E-state index contributed by atoms with van der Waals surface area (Å²) in [7, 11) is 1.26. The second kappa shape index (κ2) is 3.86. The monoisotopic (exact) mass is 302 g/mol. The molecule has 1 aliphatic rings. The van der Waals surface area contributed by atoms with Gasteiger partial charge in [-0.25, -0.2) is 0 Å². The molecule has 3 nitrogen and oxygen atoms in total. The number of alkyl halides is 1. The summed E-state index contributed by atoms with van der Waals surface area (Å²) in [6.45, 7) is 0. The minimum atomic E-state index is -1.28. The molecule has 0 aromatic heterocycles. The molecule has 5 heteroatoms. The predicted molar refractivity (Wildman–Crippen MR) is 63.2 cm³/mol. The number of hydrogen-bond donors (Lipinski definition) is 0. The van der Waals surface area contributed by atoms with E-state index in [9.17, 15) is 9.59 Å². The first kappa shape index (κ1) is 11.6. The minimum Gasteiger partial charge on any atom is -0.468 e. The maximum absolute atomic E-state index is 12.0. The smallest absolute Gasteiger partial charge is 0.331 e. The molecule has 1 aliphatic carbocycles. The van der Waals surface area contributed by atoms with E-state index in [4.69, 9.17) is 11.6 Å². The minimum absolute atomic E-state index is 0.272. The normalized spacial score (nSPS) is 23.1. The van der Waals surface area contributed by atoms with Gasteiger partial charge in [0.2, 0.25) is 0 Å². The van der Waals surface area contributed by atoms with Crippen LogP contribution in [0.5, 0.6) is 0 Å². The van der Waals surface area contributed by atoms with Crippen molar-refractivity contribution in [2.75, 3.05) is 7.11 Å². The Morgan fingerprint density at radius 3 is 2.88 bits per heavy atom. The van der Waals surface area contributed by atoms with E-state index in [1.807, 2.05) is 0 Å². The highest BCUT2D eigenvalue weighted by molar-refractivity contribution is 9.10. The second-order valence-electron chi connectivity index (χ2n) is 3.60. The Bertz CT molecular complexity index is 486. The maximum Gasteiger partial charge on any atom is 0.331 e. The van der Waals surface area contributed by atoms with Crippen molar-refractivity contribution in [3.8, 4) is 0 Å². The average molecular weight is 304 g/mol. The zero-order valence-electron chi connectivity index (χ0n) is 8.42. The van der Waals surface area contributed by atoms with Crippen LogP contribution in [0.1, 0.15) is 15.9 Å². The first-order valence-corrected chi connectivity index (χ1v) is 5.76. The molecule has 0 aliphatic heterocycles. The van der Waals surface area contributed by atoms with Crippen LogP contribution in [0.3, 0.4) is 0 Å². The van der Waals surface area contributed by atoms with Gasteiger partial charge >= 0.3 is 5.97 Å². The van der Waals surface area contributed by atoms with Crippen LogP contribution in [-0.2, 0) is 16.0 Å². The van der Waals surface area contributed by atoms with Crippen LogP contribution >= 0.6 is 27.5 Å². The number of fused-ring (bicyclic) bond motifs is 1. The molecule has 2 rings (SSSR count). The van der Waals surface area contributed by atoms with Crippen LogP contribution in [0.2, 0.25) is 5.02 Å². The molecule has 0 amide bonds. The summed E-state index contributed by atoms with van der Waals surface area (Å²) in [4.78, 5) is 23.6. The van der Waals surface area contributed by atoms with E-state index in [0.29, 0.717) is 10.6 Å². The summed E-state index contributed by atoms with van der Waals surface area (Å²) in [5.74, 6) is -0.851. The van der Waals surface area contributed by atoms with Crippen molar-refractivity contribution < 1.29 is 14.3 Å². The topological polar surface area (TPSA) is 43.4 Å². The number of ketones is 1. The molecule has 0 bridgehead atoms. The Labute approximate surface area is 106 Å². The van der Waals surface area contributed by atoms with Gasteiger partial charge in [-0.05, 0) is 23.8 Å². The Morgan fingerprint density at radius 2 is 2.25 bits per heavy atom. The lowest BCUT2D eigenvalue weighted by Crippen LogP contribution is -2.39. The van der Waals surface area contributed by atoms with E-state index in [1.165, 1.54) is 7.11 Å². The molecule has 1 aromatic carbocycles. The van der Waals surface area contributed by atoms with Crippen LogP contribution in [0.4, 0.5) is 0 Å². The van der Waals surface area contributed by atoms with Crippen LogP contribution in [0.15, 0.2) is 18.2 Å². The molecule has 1 unspecified atom stereocenters. The molecule has 0 fully saturated rings. The van der Waals surface area contributed by atoms with Crippen LogP contribution in [-0.4, -0.2) is 23.2 Å². The van der Waals surface area contributed by atoms with Gasteiger partial charge in [0.15, 0.2) is 10.1 Å². The number of halogens is 2. The fourth-order valence-corrected chi connectivity index (χ4v) is 2.69. The largest absolute Gasteiger partial charge is 0.468 e. The maximum atomic E-state index is 12.0. The number of ether oxygens (including phenoxy) is 1. The number of Topliss-reactive ketones (excluding diaryl/α,β-unsaturated/α-hetero) is 1. The van der Waals surface area contributed by atoms with Crippen molar-refractivity contribution in [3.63, 3.8) is 0 Å². The summed E-state index contributed by atoms with van der Waals surface area (Å²) in [6, 6.07) is 4.96. The molecule has 0 heterocycles. The van der Waals surface area contributed by atoms with Gasteiger partial charge in [0.25, 0.3) is 0 Å². The Balaban J connectivity index is 2.48. The van der Waals surface area contributed by atoms with E-state index in [-0.39, 0.29) is 12.2 Å². The van der Waals surface area contributed by atoms with E-state index < -0.39 is 10.3 Å². The lowest BCUT2D eigenvalue weighted by Gasteiger charge is -2.15. The highest BCUT2D eigenvalue weighted by Crippen LogP contribution is 2.38. The van der Waals surface area contributed by atoms with Crippen molar-refractivity contribution in [2.24, 2.45) is 0 Å². The van der Waals surface area contributed by atoms with Crippen molar-refractivity contribution in [1.82, 2.24) is 0 Å². The highest BCUT2D eigenvalue weighted by Gasteiger charge is 2.50. The number of hydrogen-bond acceptors (Lipinski definition) is 3. The van der Waals surface area contributed by atoms with Gasteiger partial charge in [-0.2, -0.15) is 0 Å². The zero-order valence-corrected chi connectivity index (χ0v) is 10.8. The first-order chi connectivity index (χ1) is 7.49. The van der Waals surface area contributed by atoms with Gasteiger partial charge in [0.1, 0.15) is 0 Å². The fourth-order valence-electron chi connectivity index (χ4n) is 1.81. The molecule has 1 atom stereocenters. The second-order valence-corrected chi connectivity index (χ2v) is 5.39. The third-order valence-corrected chi connectivity index (χ3v) is 3.81. The lowest BCUT2D eigenvalue weighted by molar-refractivity contribution is -0.141. The molecule has 0 spiro atoms. The Kier molecular flexibility index (Phi) is 2.80. The van der Waals surface area contributed by atoms with Crippen molar-refractivity contribution in [3.05, 3.63) is 34.3 Å². The van der Waals surface area contributed by atoms with Crippen molar-refractivity contribution >= 4 is 39.3 Å². The molecule has 84 valence electrons. The van der Waals surface area contributed by atoms with Crippen LogP contribution in [0, 0.1) is 0 Å². The quantitative estimate of drug-likeness (QED) is 0.454. The standard InChI is InChI=1S/C11H8BrClO3/c1-16-10(15)11(12)5-6-4-7(13)2-3-8(6)9(11)14/h2-4H,5H2,1H3. The summed E-state index contributed by atoms with van der Waals surface area (Å²) in [5, 5.41) is 0.549. The molecular formula is C11H8BrClO3. The number of carbonyl (C=O) groups excluding carboxylic acids is 2. The molecule has 0 saturated heterocycles. The molecular weight excluding hydrogens is 295 g/mol. The van der Waals surface area contributed by atoms with E-state index >= 15 is 0 Å². The van der Waals surface area contributed by atoms with Gasteiger partial charge in [-0.15, -0.1) is 0 Å². The van der Waals surface area contributed by atoms with Crippen molar-refractivity contribution in [2.45, 2.75) is 10.7 Å². The summed E-state index contributed by atoms with van der Waals surface area (Å²) in [5.41, 5.74) is 1.28. The van der Waals surface area contributed by atoms with Crippen LogP contribution < -0.4 is 0 Å². The summed E-state index contributed by atoms with van der Waals surface area (Å²) >= 11 is 9.01. The van der Waals surface area contributed by atoms with Gasteiger partial charge in [0.05, 0.1) is 7.11 Å². The number of esters is 1. The highest BCUT2D eigenvalue weighted by atomic mass is 79.9. The molecule has 1 aromatic rings. The lowest BCUT2D eigenvalue weighted by atomic mass is 10.1. The van der Waals surface area contributed by atoms with Crippen molar-refractivity contribution in [1.29, 1.82) is 0 Å². The van der Waals surface area contributed by atoms with Gasteiger partial charge in [-0.3, -0.25) is 9.59 Å². The zero-order chi connectivity index (χ0) is 11.9. The fraction of sp³-hybridized carbons (Fsp3) is 0.273. The van der Waals surface area contributed by atoms with Crippen LogP contribution in [0.25, 0.3) is 0 Å². The Hall–Kier alpha value is -0.870. The van der Waals surface area contributed by atoms with E-state index in [0.717, 1.165) is 5.56 Å². The number of benzene rings is 1. The number of rotatable bonds is 1. The van der Waals surface area contributed by atoms with Gasteiger partial charge in [0, 0.05) is 17.0 Å². The Morgan fingerprint density at radius 1 is 1.56 bits per heavy atom. The first-order valence-electron chi connectivity index (χ1n) is 4.59. The molecule has 0 radical (unpaired) electrons. The third kappa shape index (κ3) is 1.57. The third-order valence-electron chi connectivity index (χ3n) is 2.61. The average Bonchev–Trinajstić information content (AvgIpc) is 2.51. The molecule has 16 heavy (non-hydrogen) atoms.